The predicted octanol–water partition coefficient (Wildman–Crippen LogP) is 7.05. The Balaban J connectivity index is 1.42. The maximum atomic E-state index is 12.8. The number of thiophene rings is 4. The summed E-state index contributed by atoms with van der Waals surface area (Å²) in [6.07, 6.45) is -0.0786. The molecule has 4 N–H and O–H groups in total. The Kier molecular flexibility index (Phi) is 7.93. The average Bonchev–Trinajstić information content (AvgIpc) is 3.58. The average molecular weight is 575 g/mol. The largest absolute Gasteiger partial charge is 0.478 e. The second-order valence-corrected chi connectivity index (χ2v) is 12.5. The molecule has 192 valence electrons. The van der Waals surface area contributed by atoms with Crippen LogP contribution in [-0.2, 0) is 9.59 Å². The molecule has 4 rings (SSSR count). The van der Waals surface area contributed by atoms with Crippen LogP contribution in [0.3, 0.4) is 0 Å². The van der Waals surface area contributed by atoms with E-state index < -0.39 is 29.2 Å². The third kappa shape index (κ3) is 6.16. The Hall–Kier alpha value is -3.32. The normalized spacial score (nSPS) is 11.3. The third-order valence-corrected chi connectivity index (χ3v) is 8.96. The fraction of sp³-hybridized carbons (Fsp3) is 0.200. The zero-order chi connectivity index (χ0) is 26.7. The van der Waals surface area contributed by atoms with Gasteiger partial charge in [-0.2, -0.15) is 0 Å². The van der Waals surface area contributed by atoms with Crippen LogP contribution < -0.4 is 10.6 Å². The molecule has 4 aromatic heterocycles. The van der Waals surface area contributed by atoms with Gasteiger partial charge in [0.25, 0.3) is 0 Å². The summed E-state index contributed by atoms with van der Waals surface area (Å²) in [6, 6.07) is 7.29. The van der Waals surface area contributed by atoms with Crippen LogP contribution in [0.5, 0.6) is 0 Å². The van der Waals surface area contributed by atoms with E-state index in [1.807, 2.05) is 35.0 Å². The molecule has 0 aliphatic carbocycles. The highest BCUT2D eigenvalue weighted by Gasteiger charge is 2.29. The van der Waals surface area contributed by atoms with Crippen molar-refractivity contribution in [2.24, 2.45) is 5.41 Å². The van der Waals surface area contributed by atoms with Gasteiger partial charge in [0.05, 0.1) is 0 Å². The van der Waals surface area contributed by atoms with Crippen molar-refractivity contribution in [3.05, 3.63) is 56.9 Å². The van der Waals surface area contributed by atoms with Gasteiger partial charge in [0, 0.05) is 44.5 Å². The minimum Gasteiger partial charge on any atom is -0.478 e. The van der Waals surface area contributed by atoms with Gasteiger partial charge in [-0.1, -0.05) is 26.0 Å². The molecule has 0 radical (unpaired) electrons. The van der Waals surface area contributed by atoms with Crippen LogP contribution in [0.1, 0.15) is 47.4 Å². The minimum absolute atomic E-state index is 0.0387. The molecule has 0 unspecified atom stereocenters. The number of carboxylic acids is 2. The SMILES string of the molecule is CC(C)(CC(=O)Nc1scc(-c2cccs2)c1C(=O)O)CC(=O)Nc1scc(-c2cccs2)c1C(=O)O. The van der Waals surface area contributed by atoms with Gasteiger partial charge < -0.3 is 20.8 Å². The van der Waals surface area contributed by atoms with Gasteiger partial charge >= 0.3 is 11.9 Å². The Bertz CT molecular complexity index is 1340. The number of carbonyl (C=O) groups is 4. The Morgan fingerprint density at radius 2 is 1.14 bits per heavy atom. The molecule has 0 aromatic carbocycles. The lowest BCUT2D eigenvalue weighted by molar-refractivity contribution is -0.120. The second kappa shape index (κ2) is 11.0. The maximum Gasteiger partial charge on any atom is 0.339 e. The molecular weight excluding hydrogens is 553 g/mol. The molecule has 4 aromatic rings. The van der Waals surface area contributed by atoms with E-state index in [-0.39, 0.29) is 34.0 Å². The molecule has 0 bridgehead atoms. The van der Waals surface area contributed by atoms with Gasteiger partial charge in [-0.15, -0.1) is 45.3 Å². The van der Waals surface area contributed by atoms with Crippen molar-refractivity contribution in [3.8, 4) is 20.9 Å². The van der Waals surface area contributed by atoms with Gasteiger partial charge in [0.15, 0.2) is 0 Å². The van der Waals surface area contributed by atoms with Crippen molar-refractivity contribution in [1.82, 2.24) is 0 Å². The van der Waals surface area contributed by atoms with Gasteiger partial charge in [-0.05, 0) is 28.3 Å². The molecule has 0 fully saturated rings. The molecule has 0 aliphatic rings. The molecule has 0 atom stereocenters. The van der Waals surface area contributed by atoms with Gasteiger partial charge in [0.1, 0.15) is 21.1 Å². The highest BCUT2D eigenvalue weighted by molar-refractivity contribution is 7.17. The molecule has 2 amide bonds. The predicted molar refractivity (Wildman–Crippen MR) is 149 cm³/mol. The van der Waals surface area contributed by atoms with Crippen LogP contribution in [0.2, 0.25) is 0 Å². The molecule has 4 heterocycles. The highest BCUT2D eigenvalue weighted by atomic mass is 32.1. The lowest BCUT2D eigenvalue weighted by Crippen LogP contribution is -2.27. The quantitative estimate of drug-likeness (QED) is 0.160. The zero-order valence-electron chi connectivity index (χ0n) is 19.7. The van der Waals surface area contributed by atoms with Gasteiger partial charge in [-0.3, -0.25) is 9.59 Å². The van der Waals surface area contributed by atoms with Crippen molar-refractivity contribution in [2.45, 2.75) is 26.7 Å². The highest BCUT2D eigenvalue weighted by Crippen LogP contribution is 2.40. The van der Waals surface area contributed by atoms with E-state index in [9.17, 15) is 29.4 Å². The van der Waals surface area contributed by atoms with E-state index >= 15 is 0 Å². The first-order valence-corrected chi connectivity index (χ1v) is 14.4. The molecule has 0 saturated carbocycles. The Morgan fingerprint density at radius 1 is 0.730 bits per heavy atom. The number of carbonyl (C=O) groups excluding carboxylic acids is 2. The number of nitrogens with one attached hydrogen (secondary N) is 2. The standard InChI is InChI=1S/C25H22N2O6S4/c1-25(2,9-17(28)26-21-19(23(30)31)13(11-36-21)15-5-3-7-34-15)10-18(29)27-22-20(24(32)33)14(12-37-22)16-6-4-8-35-16/h3-8,11-12H,9-10H2,1-2H3,(H,26,28)(H,27,29)(H,30,31)(H,32,33). The first kappa shape index (κ1) is 26.7. The van der Waals surface area contributed by atoms with Crippen LogP contribution in [-0.4, -0.2) is 34.0 Å². The molecule has 37 heavy (non-hydrogen) atoms. The summed E-state index contributed by atoms with van der Waals surface area (Å²) in [5.74, 6) is -3.10. The molecular formula is C25H22N2O6S4. The van der Waals surface area contributed by atoms with E-state index in [4.69, 9.17) is 0 Å². The minimum atomic E-state index is -1.13. The summed E-state index contributed by atoms with van der Waals surface area (Å²) in [5, 5.41) is 32.4. The molecule has 0 saturated heterocycles. The summed E-state index contributed by atoms with van der Waals surface area (Å²) in [4.78, 5) is 51.0. The number of hydrogen-bond acceptors (Lipinski definition) is 8. The Morgan fingerprint density at radius 3 is 1.46 bits per heavy atom. The van der Waals surface area contributed by atoms with E-state index in [1.54, 1.807) is 24.6 Å². The summed E-state index contributed by atoms with van der Waals surface area (Å²) in [7, 11) is 0. The van der Waals surface area contributed by atoms with Crippen LogP contribution >= 0.6 is 45.3 Å². The first-order chi connectivity index (χ1) is 17.6. The summed E-state index contributed by atoms with van der Waals surface area (Å²) < 4.78 is 0. The summed E-state index contributed by atoms with van der Waals surface area (Å²) in [5.41, 5.74) is 0.401. The van der Waals surface area contributed by atoms with Crippen LogP contribution in [0.15, 0.2) is 45.8 Å². The van der Waals surface area contributed by atoms with E-state index in [0.29, 0.717) is 11.1 Å². The van der Waals surface area contributed by atoms with Crippen LogP contribution in [0.25, 0.3) is 20.9 Å². The van der Waals surface area contributed by atoms with Gasteiger partial charge in [0.2, 0.25) is 11.8 Å². The molecule has 12 heteroatoms. The zero-order valence-corrected chi connectivity index (χ0v) is 23.0. The fourth-order valence-corrected chi connectivity index (χ4v) is 7.41. The Labute approximate surface area is 228 Å². The number of amides is 2. The topological polar surface area (TPSA) is 133 Å². The van der Waals surface area contributed by atoms with Crippen LogP contribution in [0.4, 0.5) is 10.0 Å². The van der Waals surface area contributed by atoms with Crippen molar-refractivity contribution >= 4 is 79.1 Å². The molecule has 0 spiro atoms. The smallest absolute Gasteiger partial charge is 0.339 e. The number of anilines is 2. The molecule has 0 aliphatic heterocycles. The van der Waals surface area contributed by atoms with Crippen molar-refractivity contribution < 1.29 is 29.4 Å². The van der Waals surface area contributed by atoms with Gasteiger partial charge in [-0.25, -0.2) is 9.59 Å². The number of hydrogen-bond donors (Lipinski definition) is 4. The lowest BCUT2D eigenvalue weighted by atomic mass is 9.85. The monoisotopic (exact) mass is 574 g/mol. The maximum absolute atomic E-state index is 12.8. The fourth-order valence-electron chi connectivity index (χ4n) is 3.82. The number of carboxylic acid groups (broad SMARTS) is 2. The number of aromatic carboxylic acids is 2. The van der Waals surface area contributed by atoms with E-state index in [0.717, 1.165) is 32.4 Å². The van der Waals surface area contributed by atoms with Crippen molar-refractivity contribution in [3.63, 3.8) is 0 Å². The van der Waals surface area contributed by atoms with Crippen molar-refractivity contribution in [1.29, 1.82) is 0 Å². The number of rotatable bonds is 10. The van der Waals surface area contributed by atoms with Crippen LogP contribution in [0, 0.1) is 5.41 Å². The molecule has 8 nitrogen and oxygen atoms in total. The summed E-state index contributed by atoms with van der Waals surface area (Å²) in [6.45, 7) is 3.50. The lowest BCUT2D eigenvalue weighted by Gasteiger charge is -2.23. The van der Waals surface area contributed by atoms with E-state index in [2.05, 4.69) is 10.6 Å². The second-order valence-electron chi connectivity index (χ2n) is 8.89. The summed E-state index contributed by atoms with van der Waals surface area (Å²) >= 11 is 5.10. The third-order valence-electron chi connectivity index (χ3n) is 5.37. The first-order valence-electron chi connectivity index (χ1n) is 10.9. The van der Waals surface area contributed by atoms with Crippen molar-refractivity contribution in [2.75, 3.05) is 10.6 Å². The van der Waals surface area contributed by atoms with E-state index in [1.165, 1.54) is 22.7 Å².